The van der Waals surface area contributed by atoms with E-state index in [1.165, 1.54) is 11.8 Å². The molecule has 0 amide bonds. The van der Waals surface area contributed by atoms with Crippen LogP contribution in [-0.4, -0.2) is 42.0 Å². The molecule has 0 radical (unpaired) electrons. The largest absolute Gasteiger partial charge is 0.452 e. The minimum atomic E-state index is -3.44. The molecule has 0 atom stereocenters. The number of benzene rings is 2. The molecule has 2 aliphatic heterocycles. The van der Waals surface area contributed by atoms with Crippen LogP contribution in [0.3, 0.4) is 0 Å². The molecule has 2 aliphatic rings. The third kappa shape index (κ3) is 4.03. The van der Waals surface area contributed by atoms with Crippen LogP contribution in [0, 0.1) is 0 Å². The zero-order valence-electron chi connectivity index (χ0n) is 15.7. The summed E-state index contributed by atoms with van der Waals surface area (Å²) in [4.78, 5) is 15.0. The molecular formula is C19H13ClN4O5S2. The maximum atomic E-state index is 12.5. The number of hydrogen-bond donors (Lipinski definition) is 0. The first-order valence-electron chi connectivity index (χ1n) is 9.05. The smallest absolute Gasteiger partial charge is 0.338 e. The highest BCUT2D eigenvalue weighted by Gasteiger charge is 2.33. The molecule has 0 unspecified atom stereocenters. The van der Waals surface area contributed by atoms with Gasteiger partial charge in [-0.1, -0.05) is 11.6 Å². The summed E-state index contributed by atoms with van der Waals surface area (Å²) in [6.45, 7) is 0.152. The molecule has 12 heteroatoms. The number of carbonyl (C=O) groups is 1. The van der Waals surface area contributed by atoms with Gasteiger partial charge in [-0.2, -0.15) is 0 Å². The lowest BCUT2D eigenvalue weighted by Crippen LogP contribution is -2.35. The molecule has 1 aromatic heterocycles. The summed E-state index contributed by atoms with van der Waals surface area (Å²) in [5.41, 5.74) is 1.85. The maximum Gasteiger partial charge on any atom is 0.338 e. The van der Waals surface area contributed by atoms with Crippen LogP contribution < -0.4 is 4.90 Å². The van der Waals surface area contributed by atoms with Crippen molar-refractivity contribution in [2.24, 2.45) is 4.40 Å². The highest BCUT2D eigenvalue weighted by molar-refractivity contribution is 8.15. The van der Waals surface area contributed by atoms with E-state index in [0.29, 0.717) is 33.8 Å². The van der Waals surface area contributed by atoms with E-state index in [4.69, 9.17) is 20.8 Å². The van der Waals surface area contributed by atoms with Crippen molar-refractivity contribution in [3.63, 3.8) is 0 Å². The summed E-state index contributed by atoms with van der Waals surface area (Å²) in [5, 5.41) is 8.82. The van der Waals surface area contributed by atoms with Crippen LogP contribution in [0.2, 0.25) is 5.02 Å². The fraction of sp³-hybridized carbons (Fsp3) is 0.158. The Morgan fingerprint density at radius 2 is 2.00 bits per heavy atom. The first kappa shape index (κ1) is 20.0. The molecule has 9 nitrogen and oxygen atoms in total. The third-order valence-electron chi connectivity index (χ3n) is 4.59. The number of halogens is 1. The Labute approximate surface area is 186 Å². The standard InChI is InChI=1S/C19H13ClN4O5S2/c20-13-4-1-11(2-5-13)17-22-21-16(29-17)10-28-18(25)12-3-6-14-15(9-12)30-19-23-31(26,27)8-7-24(14)19/h1-6,9H,7-8,10H2. The van der Waals surface area contributed by atoms with Crippen molar-refractivity contribution >= 4 is 50.2 Å². The van der Waals surface area contributed by atoms with Gasteiger partial charge < -0.3 is 14.1 Å². The van der Waals surface area contributed by atoms with Gasteiger partial charge in [-0.3, -0.25) is 0 Å². The molecule has 0 bridgehead atoms. The molecule has 31 heavy (non-hydrogen) atoms. The van der Waals surface area contributed by atoms with Crippen LogP contribution in [0.15, 0.2) is 56.2 Å². The van der Waals surface area contributed by atoms with Gasteiger partial charge in [0.25, 0.3) is 15.9 Å². The van der Waals surface area contributed by atoms with Crippen molar-refractivity contribution < 1.29 is 22.4 Å². The number of ether oxygens (including phenoxy) is 1. The summed E-state index contributed by atoms with van der Waals surface area (Å²) in [5.74, 6) is -0.147. The van der Waals surface area contributed by atoms with E-state index in [-0.39, 0.29) is 18.3 Å². The van der Waals surface area contributed by atoms with Gasteiger partial charge in [-0.15, -0.1) is 14.6 Å². The van der Waals surface area contributed by atoms with Crippen LogP contribution in [0.1, 0.15) is 16.2 Å². The molecule has 3 heterocycles. The van der Waals surface area contributed by atoms with Crippen molar-refractivity contribution in [2.45, 2.75) is 11.5 Å². The van der Waals surface area contributed by atoms with Gasteiger partial charge in [0.05, 0.1) is 17.0 Å². The molecular weight excluding hydrogens is 464 g/mol. The number of nitrogens with zero attached hydrogens (tertiary/aromatic N) is 4. The summed E-state index contributed by atoms with van der Waals surface area (Å²) in [6.07, 6.45) is 0. The lowest BCUT2D eigenvalue weighted by Gasteiger charge is -2.22. The average Bonchev–Trinajstić information content (AvgIpc) is 3.35. The lowest BCUT2D eigenvalue weighted by atomic mass is 10.2. The van der Waals surface area contributed by atoms with Crippen molar-refractivity contribution in [2.75, 3.05) is 17.2 Å². The molecule has 2 aromatic carbocycles. The molecule has 0 spiro atoms. The number of carbonyl (C=O) groups excluding carboxylic acids is 1. The van der Waals surface area contributed by atoms with Crippen LogP contribution in [0.4, 0.5) is 5.69 Å². The predicted octanol–water partition coefficient (Wildman–Crippen LogP) is 3.36. The number of aromatic nitrogens is 2. The molecule has 0 aliphatic carbocycles. The molecule has 0 saturated heterocycles. The topological polar surface area (TPSA) is 115 Å². The molecule has 0 saturated carbocycles. The Kier molecular flexibility index (Phi) is 4.95. The van der Waals surface area contributed by atoms with Crippen LogP contribution >= 0.6 is 23.4 Å². The van der Waals surface area contributed by atoms with Gasteiger partial charge in [-0.05, 0) is 54.2 Å². The Bertz CT molecular complexity index is 1320. The third-order valence-corrected chi connectivity index (χ3v) is 7.15. The van der Waals surface area contributed by atoms with E-state index < -0.39 is 16.0 Å². The molecule has 5 rings (SSSR count). The summed E-state index contributed by atoms with van der Waals surface area (Å²) >= 11 is 7.08. The lowest BCUT2D eigenvalue weighted by molar-refractivity contribution is 0.0438. The highest BCUT2D eigenvalue weighted by Crippen LogP contribution is 2.42. The summed E-state index contributed by atoms with van der Waals surface area (Å²) < 4.78 is 38.1. The number of esters is 1. The van der Waals surface area contributed by atoms with E-state index >= 15 is 0 Å². The SMILES string of the molecule is O=C(OCc1nnc(-c2ccc(Cl)cc2)o1)c1ccc2c(c1)SC1=NS(=O)(=O)CCN12. The van der Waals surface area contributed by atoms with E-state index in [2.05, 4.69) is 14.6 Å². The van der Waals surface area contributed by atoms with Crippen LogP contribution in [-0.2, 0) is 21.4 Å². The Morgan fingerprint density at radius 3 is 2.81 bits per heavy atom. The number of amidine groups is 1. The second-order valence-corrected chi connectivity index (χ2v) is 9.88. The van der Waals surface area contributed by atoms with Crippen molar-refractivity contribution in [1.82, 2.24) is 10.2 Å². The number of anilines is 1. The quantitative estimate of drug-likeness (QED) is 0.522. The number of fused-ring (bicyclic) bond motifs is 3. The highest BCUT2D eigenvalue weighted by atomic mass is 35.5. The monoisotopic (exact) mass is 476 g/mol. The molecule has 0 N–H and O–H groups in total. The van der Waals surface area contributed by atoms with E-state index in [1.807, 2.05) is 4.90 Å². The molecule has 0 fully saturated rings. The Morgan fingerprint density at radius 1 is 1.19 bits per heavy atom. The van der Waals surface area contributed by atoms with Crippen molar-refractivity contribution in [3.05, 3.63) is 58.9 Å². The Hall–Kier alpha value is -2.89. The van der Waals surface area contributed by atoms with E-state index in [1.54, 1.807) is 42.5 Å². The van der Waals surface area contributed by atoms with Gasteiger partial charge in [-0.25, -0.2) is 13.2 Å². The van der Waals surface area contributed by atoms with Crippen molar-refractivity contribution in [1.29, 1.82) is 0 Å². The number of thioether (sulfide) groups is 1. The van der Waals surface area contributed by atoms with Gasteiger partial charge in [0, 0.05) is 22.0 Å². The zero-order chi connectivity index (χ0) is 21.6. The average molecular weight is 477 g/mol. The summed E-state index contributed by atoms with van der Waals surface area (Å²) in [7, 11) is -3.44. The fourth-order valence-corrected chi connectivity index (χ4v) is 5.51. The number of rotatable bonds is 4. The maximum absolute atomic E-state index is 12.5. The summed E-state index contributed by atoms with van der Waals surface area (Å²) in [6, 6.07) is 11.9. The van der Waals surface area contributed by atoms with Crippen LogP contribution in [0.25, 0.3) is 11.5 Å². The second-order valence-electron chi connectivity index (χ2n) is 6.68. The normalized spacial score (nSPS) is 16.4. The van der Waals surface area contributed by atoms with Gasteiger partial charge >= 0.3 is 5.97 Å². The molecule has 158 valence electrons. The molecule has 3 aromatic rings. The minimum Gasteiger partial charge on any atom is -0.452 e. The van der Waals surface area contributed by atoms with E-state index in [0.717, 1.165) is 10.6 Å². The Balaban J connectivity index is 1.27. The van der Waals surface area contributed by atoms with Gasteiger partial charge in [0.15, 0.2) is 11.8 Å². The van der Waals surface area contributed by atoms with E-state index in [9.17, 15) is 13.2 Å². The van der Waals surface area contributed by atoms with Crippen molar-refractivity contribution in [3.8, 4) is 11.5 Å². The first-order valence-corrected chi connectivity index (χ1v) is 11.9. The zero-order valence-corrected chi connectivity index (χ0v) is 18.1. The second kappa shape index (κ2) is 7.66. The number of sulfonamides is 1. The fourth-order valence-electron chi connectivity index (χ4n) is 3.09. The predicted molar refractivity (Wildman–Crippen MR) is 115 cm³/mol. The van der Waals surface area contributed by atoms with Crippen LogP contribution in [0.5, 0.6) is 0 Å². The minimum absolute atomic E-state index is 0.0392. The van der Waals surface area contributed by atoms with Gasteiger partial charge in [0.1, 0.15) is 0 Å². The van der Waals surface area contributed by atoms with Gasteiger partial charge in [0.2, 0.25) is 5.89 Å². The first-order chi connectivity index (χ1) is 14.9. The number of hydrogen-bond acceptors (Lipinski definition) is 9.